The van der Waals surface area contributed by atoms with Gasteiger partial charge in [0, 0.05) is 35.1 Å². The SMILES string of the molecule is C[C@H]1CC2(CCN(c3cnc(Sc4cccc(-c5nccs5)c4Cl)cn3)CC2)CO1. The number of ether oxygens (including phenoxy) is 1. The Balaban J connectivity index is 1.26. The first-order valence-electron chi connectivity index (χ1n) is 10.2. The van der Waals surface area contributed by atoms with E-state index in [-0.39, 0.29) is 0 Å². The van der Waals surface area contributed by atoms with Crippen LogP contribution in [0.3, 0.4) is 0 Å². The largest absolute Gasteiger partial charge is 0.378 e. The van der Waals surface area contributed by atoms with Crippen LogP contribution in [0, 0.1) is 5.41 Å². The molecule has 3 aromatic rings. The highest BCUT2D eigenvalue weighted by atomic mass is 35.5. The van der Waals surface area contributed by atoms with E-state index in [1.807, 2.05) is 36.0 Å². The van der Waals surface area contributed by atoms with Gasteiger partial charge in [-0.15, -0.1) is 11.3 Å². The molecule has 1 aromatic carbocycles. The van der Waals surface area contributed by atoms with E-state index in [4.69, 9.17) is 16.3 Å². The van der Waals surface area contributed by atoms with E-state index >= 15 is 0 Å². The summed E-state index contributed by atoms with van der Waals surface area (Å²) in [5.74, 6) is 0.948. The van der Waals surface area contributed by atoms with Gasteiger partial charge in [-0.3, -0.25) is 0 Å². The molecule has 2 fully saturated rings. The molecule has 5 nitrogen and oxygen atoms in total. The van der Waals surface area contributed by atoms with Crippen LogP contribution in [-0.2, 0) is 4.74 Å². The molecule has 0 radical (unpaired) electrons. The van der Waals surface area contributed by atoms with Gasteiger partial charge in [0.15, 0.2) is 0 Å². The van der Waals surface area contributed by atoms with Gasteiger partial charge in [-0.05, 0) is 37.7 Å². The lowest BCUT2D eigenvalue weighted by atomic mass is 9.77. The Morgan fingerprint density at radius 1 is 1.20 bits per heavy atom. The maximum atomic E-state index is 6.65. The number of benzene rings is 1. The molecule has 4 heterocycles. The monoisotopic (exact) mass is 458 g/mol. The molecule has 156 valence electrons. The molecular weight excluding hydrogens is 436 g/mol. The first kappa shape index (κ1) is 20.2. The van der Waals surface area contributed by atoms with E-state index < -0.39 is 0 Å². The normalized spacial score (nSPS) is 20.7. The van der Waals surface area contributed by atoms with E-state index in [0.717, 1.165) is 58.8 Å². The topological polar surface area (TPSA) is 51.1 Å². The second kappa shape index (κ2) is 8.46. The van der Waals surface area contributed by atoms with Crippen molar-refractivity contribution in [1.29, 1.82) is 0 Å². The number of nitrogens with zero attached hydrogens (tertiary/aromatic N) is 4. The Bertz CT molecular complexity index is 1000. The van der Waals surface area contributed by atoms with Crippen molar-refractivity contribution in [1.82, 2.24) is 15.0 Å². The minimum absolute atomic E-state index is 0.373. The quantitative estimate of drug-likeness (QED) is 0.492. The van der Waals surface area contributed by atoms with Crippen LogP contribution in [0.25, 0.3) is 10.6 Å². The lowest BCUT2D eigenvalue weighted by Crippen LogP contribution is -2.41. The number of hydrogen-bond donors (Lipinski definition) is 0. The first-order valence-corrected chi connectivity index (χ1v) is 12.2. The van der Waals surface area contributed by atoms with Crippen molar-refractivity contribution in [2.45, 2.75) is 42.2 Å². The van der Waals surface area contributed by atoms with Gasteiger partial charge in [0.2, 0.25) is 0 Å². The third-order valence-corrected chi connectivity index (χ3v) is 8.30. The van der Waals surface area contributed by atoms with E-state index in [9.17, 15) is 0 Å². The van der Waals surface area contributed by atoms with Crippen LogP contribution in [0.1, 0.15) is 26.2 Å². The average Bonchev–Trinajstić information content (AvgIpc) is 3.41. The van der Waals surface area contributed by atoms with Gasteiger partial charge in [-0.25, -0.2) is 15.0 Å². The van der Waals surface area contributed by atoms with Crippen LogP contribution >= 0.6 is 34.7 Å². The summed E-state index contributed by atoms with van der Waals surface area (Å²) >= 11 is 9.77. The van der Waals surface area contributed by atoms with Gasteiger partial charge < -0.3 is 9.64 Å². The van der Waals surface area contributed by atoms with Crippen molar-refractivity contribution in [3.05, 3.63) is 47.2 Å². The van der Waals surface area contributed by atoms with Gasteiger partial charge in [-0.2, -0.15) is 0 Å². The molecule has 2 aliphatic rings. The Labute approximate surface area is 189 Å². The van der Waals surface area contributed by atoms with E-state index in [1.165, 1.54) is 18.2 Å². The van der Waals surface area contributed by atoms with Crippen molar-refractivity contribution < 1.29 is 4.74 Å². The zero-order valence-corrected chi connectivity index (χ0v) is 19.1. The Morgan fingerprint density at radius 3 is 2.73 bits per heavy atom. The first-order chi connectivity index (χ1) is 14.6. The lowest BCUT2D eigenvalue weighted by molar-refractivity contribution is 0.0976. The maximum absolute atomic E-state index is 6.65. The van der Waals surface area contributed by atoms with Gasteiger partial charge in [0.05, 0.1) is 30.1 Å². The van der Waals surface area contributed by atoms with Crippen molar-refractivity contribution in [3.8, 4) is 10.6 Å². The summed E-state index contributed by atoms with van der Waals surface area (Å²) < 4.78 is 5.84. The number of piperidine rings is 1. The Kier molecular flexibility index (Phi) is 5.71. The van der Waals surface area contributed by atoms with Gasteiger partial charge in [-0.1, -0.05) is 35.5 Å². The molecule has 2 saturated heterocycles. The summed E-state index contributed by atoms with van der Waals surface area (Å²) in [5, 5.41) is 4.42. The lowest BCUT2D eigenvalue weighted by Gasteiger charge is -2.38. The fourth-order valence-electron chi connectivity index (χ4n) is 4.35. The minimum Gasteiger partial charge on any atom is -0.378 e. The van der Waals surface area contributed by atoms with Crippen LogP contribution in [0.2, 0.25) is 5.02 Å². The van der Waals surface area contributed by atoms with E-state index in [0.29, 0.717) is 16.5 Å². The Hall–Kier alpha value is -1.67. The minimum atomic E-state index is 0.373. The highest BCUT2D eigenvalue weighted by Gasteiger charge is 2.41. The zero-order chi connectivity index (χ0) is 20.6. The average molecular weight is 459 g/mol. The molecule has 0 bridgehead atoms. The third-order valence-electron chi connectivity index (χ3n) is 6.00. The Morgan fingerprint density at radius 2 is 2.07 bits per heavy atom. The zero-order valence-electron chi connectivity index (χ0n) is 16.8. The summed E-state index contributed by atoms with van der Waals surface area (Å²) in [5.41, 5.74) is 1.33. The molecule has 2 aromatic heterocycles. The molecule has 1 atom stereocenters. The molecule has 0 saturated carbocycles. The fraction of sp³-hybridized carbons (Fsp3) is 0.409. The maximum Gasteiger partial charge on any atom is 0.147 e. The summed E-state index contributed by atoms with van der Waals surface area (Å²) in [6.07, 6.45) is 9.42. The van der Waals surface area contributed by atoms with Crippen LogP contribution in [0.15, 0.2) is 52.1 Å². The van der Waals surface area contributed by atoms with Gasteiger partial charge >= 0.3 is 0 Å². The molecule has 1 spiro atoms. The van der Waals surface area contributed by atoms with Crippen molar-refractivity contribution in [2.24, 2.45) is 5.41 Å². The number of rotatable bonds is 4. The smallest absolute Gasteiger partial charge is 0.147 e. The third kappa shape index (κ3) is 4.08. The van der Waals surface area contributed by atoms with Crippen molar-refractivity contribution in [3.63, 3.8) is 0 Å². The molecular formula is C22H23ClN4OS2. The predicted molar refractivity (Wildman–Crippen MR) is 123 cm³/mol. The molecule has 0 unspecified atom stereocenters. The van der Waals surface area contributed by atoms with Crippen LogP contribution in [0.5, 0.6) is 0 Å². The number of anilines is 1. The van der Waals surface area contributed by atoms with Gasteiger partial charge in [0.1, 0.15) is 15.9 Å². The molecule has 0 amide bonds. The molecule has 0 N–H and O–H groups in total. The summed E-state index contributed by atoms with van der Waals surface area (Å²) in [7, 11) is 0. The number of thiazole rings is 1. The predicted octanol–water partition coefficient (Wildman–Crippen LogP) is 5.80. The number of aromatic nitrogens is 3. The fourth-order valence-corrected chi connectivity index (χ4v) is 6.19. The molecule has 30 heavy (non-hydrogen) atoms. The summed E-state index contributed by atoms with van der Waals surface area (Å²) in [4.78, 5) is 17.0. The molecule has 8 heteroatoms. The standard InChI is InChI=1S/C22H23ClN4OS2/c1-15-11-22(14-28-15)5-8-27(9-6-22)18-12-26-19(13-25-18)30-17-4-2-3-16(20(17)23)21-24-7-10-29-21/h2-4,7,10,12-13,15H,5-6,8-9,11,14H2,1H3/t15-/m0/s1. The van der Waals surface area contributed by atoms with Crippen molar-refractivity contribution in [2.75, 3.05) is 24.6 Å². The van der Waals surface area contributed by atoms with E-state index in [1.54, 1.807) is 17.5 Å². The molecule has 0 aliphatic carbocycles. The number of hydrogen-bond acceptors (Lipinski definition) is 7. The van der Waals surface area contributed by atoms with Gasteiger partial charge in [0.25, 0.3) is 0 Å². The molecule has 5 rings (SSSR count). The van der Waals surface area contributed by atoms with Crippen LogP contribution < -0.4 is 4.90 Å². The van der Waals surface area contributed by atoms with Crippen LogP contribution in [-0.4, -0.2) is 40.8 Å². The van der Waals surface area contributed by atoms with Crippen LogP contribution in [0.4, 0.5) is 5.82 Å². The highest BCUT2D eigenvalue weighted by Crippen LogP contribution is 2.43. The summed E-state index contributed by atoms with van der Waals surface area (Å²) in [6.45, 7) is 5.11. The molecule has 2 aliphatic heterocycles. The number of halogens is 1. The van der Waals surface area contributed by atoms with Crippen molar-refractivity contribution >= 4 is 40.5 Å². The summed E-state index contributed by atoms with van der Waals surface area (Å²) in [6, 6.07) is 6.01. The second-order valence-corrected chi connectivity index (χ2v) is 10.4. The van der Waals surface area contributed by atoms with E-state index in [2.05, 4.69) is 26.8 Å². The highest BCUT2D eigenvalue weighted by molar-refractivity contribution is 7.99. The second-order valence-electron chi connectivity index (χ2n) is 8.08.